The monoisotopic (exact) mass is 261 g/mol. The third kappa shape index (κ3) is 2.59. The zero-order chi connectivity index (χ0) is 12.5. The molecule has 8 heteroatoms. The van der Waals surface area contributed by atoms with Crippen LogP contribution in [0.3, 0.4) is 0 Å². The highest BCUT2D eigenvalue weighted by molar-refractivity contribution is 7.89. The molecule has 1 heterocycles. The number of nitrogens with zero attached hydrogens (tertiary/aromatic N) is 1. The summed E-state index contributed by atoms with van der Waals surface area (Å²) in [6.07, 6.45) is 0. The minimum atomic E-state index is -4.58. The SMILES string of the molecule is O=S(=O)(NCc1nc2ccccc2[nH]1)C(F)F. The van der Waals surface area contributed by atoms with Crippen molar-refractivity contribution >= 4 is 21.1 Å². The molecule has 2 rings (SSSR count). The number of hydrogen-bond donors (Lipinski definition) is 2. The lowest BCUT2D eigenvalue weighted by Gasteiger charge is -2.02. The van der Waals surface area contributed by atoms with Gasteiger partial charge in [0.05, 0.1) is 17.6 Å². The van der Waals surface area contributed by atoms with Crippen molar-refractivity contribution < 1.29 is 17.2 Å². The third-order valence-corrected chi connectivity index (χ3v) is 3.13. The van der Waals surface area contributed by atoms with E-state index in [1.165, 1.54) is 0 Å². The summed E-state index contributed by atoms with van der Waals surface area (Å²) in [7, 11) is -4.58. The Bertz CT molecular complexity index is 591. The molecular weight excluding hydrogens is 252 g/mol. The Morgan fingerprint density at radius 2 is 2.06 bits per heavy atom. The van der Waals surface area contributed by atoms with E-state index in [2.05, 4.69) is 9.97 Å². The number of hydrogen-bond acceptors (Lipinski definition) is 3. The van der Waals surface area contributed by atoms with Gasteiger partial charge in [-0.2, -0.15) is 8.78 Å². The number of benzene rings is 1. The minimum Gasteiger partial charge on any atom is -0.341 e. The first-order valence-electron chi connectivity index (χ1n) is 4.69. The van der Waals surface area contributed by atoms with Crippen LogP contribution in [0.1, 0.15) is 5.82 Å². The van der Waals surface area contributed by atoms with Gasteiger partial charge in [-0.3, -0.25) is 0 Å². The Labute approximate surface area is 95.9 Å². The van der Waals surface area contributed by atoms with Crippen LogP contribution in [-0.2, 0) is 16.6 Å². The third-order valence-electron chi connectivity index (χ3n) is 2.11. The van der Waals surface area contributed by atoms with Crippen molar-refractivity contribution in [3.63, 3.8) is 0 Å². The molecule has 17 heavy (non-hydrogen) atoms. The highest BCUT2D eigenvalue weighted by Crippen LogP contribution is 2.10. The molecule has 0 aliphatic carbocycles. The summed E-state index contributed by atoms with van der Waals surface area (Å²) in [5.74, 6) is -3.15. The summed E-state index contributed by atoms with van der Waals surface area (Å²) in [6, 6.07) is 7.05. The van der Waals surface area contributed by atoms with Crippen LogP contribution in [0.5, 0.6) is 0 Å². The quantitative estimate of drug-likeness (QED) is 0.868. The fourth-order valence-corrected chi connectivity index (χ4v) is 1.79. The second-order valence-corrected chi connectivity index (χ2v) is 5.06. The van der Waals surface area contributed by atoms with Crippen molar-refractivity contribution in [2.24, 2.45) is 0 Å². The average Bonchev–Trinajstić information content (AvgIpc) is 2.69. The highest BCUT2D eigenvalue weighted by Gasteiger charge is 2.23. The van der Waals surface area contributed by atoms with Gasteiger partial charge in [0, 0.05) is 0 Å². The molecule has 0 atom stereocenters. The first kappa shape index (κ1) is 11.9. The van der Waals surface area contributed by atoms with Gasteiger partial charge in [0.25, 0.3) is 10.0 Å². The fraction of sp³-hybridized carbons (Fsp3) is 0.222. The Balaban J connectivity index is 2.15. The van der Waals surface area contributed by atoms with Gasteiger partial charge in [0.15, 0.2) is 0 Å². The molecule has 0 aliphatic rings. The fourth-order valence-electron chi connectivity index (χ4n) is 1.32. The van der Waals surface area contributed by atoms with Crippen molar-refractivity contribution in [3.8, 4) is 0 Å². The van der Waals surface area contributed by atoms with E-state index in [0.717, 1.165) is 5.52 Å². The van der Waals surface area contributed by atoms with Crippen LogP contribution in [0, 0.1) is 0 Å². The average molecular weight is 261 g/mol. The summed E-state index contributed by atoms with van der Waals surface area (Å²) in [5, 5.41) is 0. The molecule has 2 N–H and O–H groups in total. The number of para-hydroxylation sites is 2. The molecule has 0 amide bonds. The molecule has 0 spiro atoms. The van der Waals surface area contributed by atoms with E-state index in [1.807, 2.05) is 0 Å². The van der Waals surface area contributed by atoms with Crippen LogP contribution in [-0.4, -0.2) is 24.1 Å². The smallest absolute Gasteiger partial charge is 0.341 e. The molecule has 2 aromatic rings. The number of H-pyrrole nitrogens is 1. The molecule has 0 saturated heterocycles. The van der Waals surface area contributed by atoms with Crippen LogP contribution in [0.15, 0.2) is 24.3 Å². The number of alkyl halides is 2. The highest BCUT2D eigenvalue weighted by atomic mass is 32.2. The van der Waals surface area contributed by atoms with E-state index in [9.17, 15) is 17.2 Å². The predicted molar refractivity (Wildman–Crippen MR) is 57.9 cm³/mol. The number of fused-ring (bicyclic) bond motifs is 1. The predicted octanol–water partition coefficient (Wildman–Crippen LogP) is 1.20. The summed E-state index contributed by atoms with van der Waals surface area (Å²) >= 11 is 0. The van der Waals surface area contributed by atoms with E-state index in [0.29, 0.717) is 5.52 Å². The lowest BCUT2D eigenvalue weighted by molar-refractivity contribution is 0.232. The maximum atomic E-state index is 12.0. The maximum Gasteiger partial charge on any atom is 0.350 e. The van der Waals surface area contributed by atoms with Crippen molar-refractivity contribution in [1.29, 1.82) is 0 Å². The van der Waals surface area contributed by atoms with Gasteiger partial charge in [-0.15, -0.1) is 0 Å². The summed E-state index contributed by atoms with van der Waals surface area (Å²) in [4.78, 5) is 6.87. The van der Waals surface area contributed by atoms with Crippen molar-refractivity contribution in [3.05, 3.63) is 30.1 Å². The Morgan fingerprint density at radius 3 is 2.71 bits per heavy atom. The van der Waals surface area contributed by atoms with E-state index < -0.39 is 15.8 Å². The molecule has 0 aliphatic heterocycles. The number of aromatic nitrogens is 2. The molecule has 0 saturated carbocycles. The van der Waals surface area contributed by atoms with E-state index in [-0.39, 0.29) is 12.4 Å². The van der Waals surface area contributed by atoms with Gasteiger partial charge < -0.3 is 4.98 Å². The molecule has 1 aromatic carbocycles. The lowest BCUT2D eigenvalue weighted by atomic mass is 10.3. The second-order valence-electron chi connectivity index (χ2n) is 3.33. The molecule has 0 unspecified atom stereocenters. The van der Waals surface area contributed by atoms with Crippen LogP contribution < -0.4 is 4.72 Å². The van der Waals surface area contributed by atoms with Crippen LogP contribution in [0.4, 0.5) is 8.78 Å². The van der Waals surface area contributed by atoms with Crippen LogP contribution in [0.25, 0.3) is 11.0 Å². The number of sulfonamides is 1. The lowest BCUT2D eigenvalue weighted by Crippen LogP contribution is -2.29. The van der Waals surface area contributed by atoms with E-state index in [4.69, 9.17) is 0 Å². The Hall–Kier alpha value is -1.54. The molecule has 0 radical (unpaired) electrons. The van der Waals surface area contributed by atoms with Gasteiger partial charge in [-0.25, -0.2) is 18.1 Å². The number of imidazole rings is 1. The zero-order valence-electron chi connectivity index (χ0n) is 8.52. The maximum absolute atomic E-state index is 12.0. The van der Waals surface area contributed by atoms with Crippen LogP contribution in [0.2, 0.25) is 0 Å². The number of rotatable bonds is 4. The Morgan fingerprint density at radius 1 is 1.35 bits per heavy atom. The zero-order valence-corrected chi connectivity index (χ0v) is 9.34. The second kappa shape index (κ2) is 4.38. The normalized spacial score (nSPS) is 12.4. The minimum absolute atomic E-state index is 0.287. The molecular formula is C9H9F2N3O2S. The van der Waals surface area contributed by atoms with E-state index in [1.54, 1.807) is 29.0 Å². The van der Waals surface area contributed by atoms with E-state index >= 15 is 0 Å². The molecule has 5 nitrogen and oxygen atoms in total. The van der Waals surface area contributed by atoms with Crippen LogP contribution >= 0.6 is 0 Å². The van der Waals surface area contributed by atoms with Gasteiger partial charge in [-0.05, 0) is 12.1 Å². The largest absolute Gasteiger partial charge is 0.350 e. The van der Waals surface area contributed by atoms with Gasteiger partial charge in [0.1, 0.15) is 5.82 Å². The first-order valence-corrected chi connectivity index (χ1v) is 6.24. The standard InChI is InChI=1S/C9H9F2N3O2S/c10-9(11)17(15,16)12-5-8-13-6-3-1-2-4-7(6)14-8/h1-4,9,12H,5H2,(H,13,14). The molecule has 0 bridgehead atoms. The summed E-state index contributed by atoms with van der Waals surface area (Å²) in [5.41, 5.74) is 1.37. The number of halogens is 2. The number of nitrogens with one attached hydrogen (secondary N) is 2. The van der Waals surface area contributed by atoms with Crippen molar-refractivity contribution in [1.82, 2.24) is 14.7 Å². The molecule has 1 aromatic heterocycles. The number of aromatic amines is 1. The Kier molecular flexibility index (Phi) is 3.07. The topological polar surface area (TPSA) is 74.8 Å². The van der Waals surface area contributed by atoms with Gasteiger partial charge in [0.2, 0.25) is 0 Å². The molecule has 0 fully saturated rings. The molecule has 92 valence electrons. The summed E-state index contributed by atoms with van der Waals surface area (Å²) < 4.78 is 47.5. The first-order chi connectivity index (χ1) is 7.99. The van der Waals surface area contributed by atoms with Crippen molar-refractivity contribution in [2.75, 3.05) is 0 Å². The van der Waals surface area contributed by atoms with Crippen molar-refractivity contribution in [2.45, 2.75) is 12.3 Å². The summed E-state index contributed by atoms with van der Waals surface area (Å²) in [6.45, 7) is -0.290. The van der Waals surface area contributed by atoms with Gasteiger partial charge in [-0.1, -0.05) is 12.1 Å². The van der Waals surface area contributed by atoms with Gasteiger partial charge >= 0.3 is 5.76 Å².